The summed E-state index contributed by atoms with van der Waals surface area (Å²) in [4.78, 5) is 0. The molecule has 1 atom stereocenters. The largest absolute Gasteiger partial charge is 1.00 e. The Bertz CT molecular complexity index is 11.6. The van der Waals surface area contributed by atoms with Crippen LogP contribution in [-0.4, -0.2) is 11.2 Å². The first-order valence-electron chi connectivity index (χ1n) is 1.24. The fraction of sp³-hybridized carbons (Fsp3) is 0.667. The Hall–Kier alpha value is 0.960. The summed E-state index contributed by atoms with van der Waals surface area (Å²) < 4.78 is 0. The van der Waals surface area contributed by atoms with Crippen molar-refractivity contribution in [1.29, 1.82) is 0 Å². The molecule has 0 aromatic heterocycles. The van der Waals surface area contributed by atoms with Crippen molar-refractivity contribution in [1.82, 2.24) is 0 Å². The van der Waals surface area contributed by atoms with Gasteiger partial charge in [-0.15, -0.1) is 0 Å². The van der Waals surface area contributed by atoms with Crippen molar-refractivity contribution < 1.29 is 34.7 Å². The molecule has 26 valence electrons. The molecule has 0 fully saturated rings. The molecule has 1 N–H and O–H groups in total. The van der Waals surface area contributed by atoms with Gasteiger partial charge in [0.25, 0.3) is 0 Å². The molecule has 5 heavy (non-hydrogen) atoms. The maximum atomic E-state index is 7.94. The summed E-state index contributed by atoms with van der Waals surface area (Å²) in [5.74, 6) is 0. The Morgan fingerprint density at radius 3 is 1.80 bits per heavy atom. The van der Waals surface area contributed by atoms with Gasteiger partial charge in [-0.1, -0.05) is 13.0 Å². The zero-order valence-corrected chi connectivity index (χ0v) is 5.73. The third kappa shape index (κ3) is 47.2. The van der Waals surface area contributed by atoms with Crippen molar-refractivity contribution in [3.8, 4) is 0 Å². The van der Waals surface area contributed by atoms with Gasteiger partial charge in [0.05, 0.1) is 0 Å². The minimum absolute atomic E-state index is 0. The first-order valence-corrected chi connectivity index (χ1v) is 1.24. The van der Waals surface area contributed by atoms with Crippen LogP contribution < -0.4 is 29.6 Å². The summed E-state index contributed by atoms with van der Waals surface area (Å²) in [5, 5.41) is 7.94. The monoisotopic (exact) mass is 82.0 g/mol. The van der Waals surface area contributed by atoms with Gasteiger partial charge in [0.1, 0.15) is 0 Å². The molecule has 0 spiro atoms. The summed E-state index contributed by atoms with van der Waals surface area (Å²) >= 11 is 0. The second-order valence-electron chi connectivity index (χ2n) is 0.849. The van der Waals surface area contributed by atoms with E-state index in [1.807, 2.05) is 0 Å². The topological polar surface area (TPSA) is 20.2 Å². The number of hydrogen-bond donors (Lipinski definition) is 1. The molecule has 2 heteroatoms. The normalized spacial score (nSPS) is 12.6. The van der Waals surface area contributed by atoms with Crippen LogP contribution in [0.3, 0.4) is 0 Å². The number of aliphatic hydroxyl groups is 1. The molecule has 1 unspecified atom stereocenters. The maximum Gasteiger partial charge on any atom is 1.00 e. The van der Waals surface area contributed by atoms with E-state index >= 15 is 0 Å². The maximum absolute atomic E-state index is 7.94. The molecule has 0 saturated carbocycles. The summed E-state index contributed by atoms with van der Waals surface area (Å²) in [5.41, 5.74) is 0. The summed E-state index contributed by atoms with van der Waals surface area (Å²) in [6.07, 6.45) is -0.417. The summed E-state index contributed by atoms with van der Waals surface area (Å²) in [7, 11) is 0. The molecule has 0 aliphatic heterocycles. The van der Waals surface area contributed by atoms with Crippen molar-refractivity contribution in [2.45, 2.75) is 13.0 Å². The SMILES string of the molecule is [CH2-]C(C)O.[Na+]. The van der Waals surface area contributed by atoms with Gasteiger partial charge in [0.15, 0.2) is 0 Å². The van der Waals surface area contributed by atoms with E-state index in [4.69, 9.17) is 5.11 Å². The van der Waals surface area contributed by atoms with Gasteiger partial charge in [-0.3, -0.25) is 0 Å². The third-order valence-corrected chi connectivity index (χ3v) is 0. The Balaban J connectivity index is 0. The van der Waals surface area contributed by atoms with E-state index in [2.05, 4.69) is 6.92 Å². The Morgan fingerprint density at radius 1 is 1.80 bits per heavy atom. The quantitative estimate of drug-likeness (QED) is 0.247. The van der Waals surface area contributed by atoms with Crippen LogP contribution in [0.5, 0.6) is 0 Å². The second-order valence-corrected chi connectivity index (χ2v) is 0.849. The second kappa shape index (κ2) is 4.96. The van der Waals surface area contributed by atoms with Crippen LogP contribution in [0.25, 0.3) is 0 Å². The van der Waals surface area contributed by atoms with Crippen molar-refractivity contribution >= 4 is 0 Å². The van der Waals surface area contributed by atoms with Crippen molar-refractivity contribution in [3.05, 3.63) is 6.92 Å². The summed E-state index contributed by atoms with van der Waals surface area (Å²) in [6.45, 7) is 4.81. The van der Waals surface area contributed by atoms with E-state index in [0.29, 0.717) is 0 Å². The molecule has 0 aliphatic carbocycles. The number of rotatable bonds is 0. The first kappa shape index (κ1) is 9.35. The molecule has 0 aromatic carbocycles. The van der Waals surface area contributed by atoms with Crippen molar-refractivity contribution in [2.75, 3.05) is 0 Å². The molecule has 0 amide bonds. The van der Waals surface area contributed by atoms with Gasteiger partial charge in [-0.25, -0.2) is 0 Å². The van der Waals surface area contributed by atoms with E-state index in [-0.39, 0.29) is 29.6 Å². The molecule has 0 saturated heterocycles. The zero-order chi connectivity index (χ0) is 3.58. The fourth-order valence-electron chi connectivity index (χ4n) is 0. The van der Waals surface area contributed by atoms with Gasteiger partial charge in [0, 0.05) is 0 Å². The third-order valence-electron chi connectivity index (χ3n) is 0. The summed E-state index contributed by atoms with van der Waals surface area (Å²) in [6, 6.07) is 0. The zero-order valence-electron chi connectivity index (χ0n) is 3.73. The molecule has 0 heterocycles. The van der Waals surface area contributed by atoms with Crippen molar-refractivity contribution in [2.24, 2.45) is 0 Å². The van der Waals surface area contributed by atoms with Crippen LogP contribution in [0.2, 0.25) is 0 Å². The van der Waals surface area contributed by atoms with Gasteiger partial charge < -0.3 is 12.0 Å². The predicted molar refractivity (Wildman–Crippen MR) is 17.0 cm³/mol. The molecule has 1 nitrogen and oxygen atoms in total. The van der Waals surface area contributed by atoms with Crippen LogP contribution >= 0.6 is 0 Å². The van der Waals surface area contributed by atoms with E-state index in [0.717, 1.165) is 0 Å². The Labute approximate surface area is 54.7 Å². The van der Waals surface area contributed by atoms with Crippen LogP contribution in [0.15, 0.2) is 0 Å². The van der Waals surface area contributed by atoms with Crippen molar-refractivity contribution in [3.63, 3.8) is 0 Å². The predicted octanol–water partition coefficient (Wildman–Crippen LogP) is -2.79. The average molecular weight is 82.1 g/mol. The number of hydrogen-bond acceptors (Lipinski definition) is 1. The first-order chi connectivity index (χ1) is 1.73. The van der Waals surface area contributed by atoms with Gasteiger partial charge >= 0.3 is 29.6 Å². The standard InChI is InChI=1S/C3H7O.Na/c1-3(2)4;/h3-4H,1H2,2H3;/q-1;+1. The van der Waals surface area contributed by atoms with E-state index in [1.54, 1.807) is 6.92 Å². The van der Waals surface area contributed by atoms with Gasteiger partial charge in [-0.05, 0) is 0 Å². The Morgan fingerprint density at radius 2 is 1.80 bits per heavy atom. The van der Waals surface area contributed by atoms with Crippen LogP contribution in [0.1, 0.15) is 6.92 Å². The molecular formula is C3H7NaO. The van der Waals surface area contributed by atoms with E-state index < -0.39 is 6.10 Å². The molecular weight excluding hydrogens is 75.0 g/mol. The molecule has 0 rings (SSSR count). The number of aliphatic hydroxyl groups excluding tert-OH is 1. The molecule has 0 bridgehead atoms. The van der Waals surface area contributed by atoms with Crippen LogP contribution in [0.4, 0.5) is 0 Å². The minimum atomic E-state index is -0.417. The van der Waals surface area contributed by atoms with Gasteiger partial charge in [-0.2, -0.15) is 0 Å². The molecule has 0 radical (unpaired) electrons. The minimum Gasteiger partial charge on any atom is -0.426 e. The fourth-order valence-corrected chi connectivity index (χ4v) is 0. The van der Waals surface area contributed by atoms with Crippen LogP contribution in [-0.2, 0) is 0 Å². The van der Waals surface area contributed by atoms with Crippen LogP contribution in [0, 0.1) is 6.92 Å². The van der Waals surface area contributed by atoms with Gasteiger partial charge in [0.2, 0.25) is 0 Å². The molecule has 0 aliphatic rings. The molecule has 0 aromatic rings. The van der Waals surface area contributed by atoms with E-state index in [1.165, 1.54) is 0 Å². The average Bonchev–Trinajstić information content (AvgIpc) is 0.811. The van der Waals surface area contributed by atoms with E-state index in [9.17, 15) is 0 Å². The Kier molecular flexibility index (Phi) is 9.28. The smallest absolute Gasteiger partial charge is 0.426 e.